The topological polar surface area (TPSA) is 68.2 Å². The standard InChI is InChI=1S/C17H19ClF3N5/c1-5-23-17-25-15(18)14(13-11(20)6-10(19)7-12(13)21)16(26(17)22)24-9(4)8(2)3/h5-9,24H,1,22H2,2-4H3/t9-/m1/s1. The molecule has 1 heterocycles. The van der Waals surface area contributed by atoms with Crippen molar-refractivity contribution in [3.63, 3.8) is 0 Å². The summed E-state index contributed by atoms with van der Waals surface area (Å²) in [6.45, 7) is 9.24. The Bertz CT molecular complexity index is 885. The van der Waals surface area contributed by atoms with Crippen LogP contribution in [-0.2, 0) is 0 Å². The van der Waals surface area contributed by atoms with Crippen LogP contribution >= 0.6 is 11.6 Å². The number of nitrogens with zero attached hydrogens (tertiary/aromatic N) is 3. The molecule has 0 saturated heterocycles. The van der Waals surface area contributed by atoms with E-state index in [4.69, 9.17) is 17.4 Å². The molecule has 0 unspecified atom stereocenters. The van der Waals surface area contributed by atoms with Crippen LogP contribution in [0.4, 0.5) is 19.0 Å². The lowest BCUT2D eigenvalue weighted by Gasteiger charge is -2.23. The largest absolute Gasteiger partial charge is 0.367 e. The van der Waals surface area contributed by atoms with Gasteiger partial charge in [-0.1, -0.05) is 32.0 Å². The first-order chi connectivity index (χ1) is 12.2. The number of nitrogens with one attached hydrogen (secondary N) is 1. The number of nitrogens with two attached hydrogens (primary N) is 1. The minimum Gasteiger partial charge on any atom is -0.367 e. The monoisotopic (exact) mass is 385 g/mol. The van der Waals surface area contributed by atoms with Crippen LogP contribution in [0.15, 0.2) is 29.9 Å². The summed E-state index contributed by atoms with van der Waals surface area (Å²) in [7, 11) is 0. The molecule has 0 saturated carbocycles. The summed E-state index contributed by atoms with van der Waals surface area (Å²) in [4.78, 5) is 7.85. The van der Waals surface area contributed by atoms with Crippen molar-refractivity contribution >= 4 is 17.4 Å². The Balaban J connectivity index is 2.87. The van der Waals surface area contributed by atoms with E-state index in [9.17, 15) is 13.2 Å². The van der Waals surface area contributed by atoms with Crippen molar-refractivity contribution in [1.29, 1.82) is 0 Å². The van der Waals surface area contributed by atoms with Gasteiger partial charge in [0.2, 0.25) is 0 Å². The predicted octanol–water partition coefficient (Wildman–Crippen LogP) is 3.84. The summed E-state index contributed by atoms with van der Waals surface area (Å²) in [5, 5.41) is 2.84. The second kappa shape index (κ2) is 7.82. The van der Waals surface area contributed by atoms with E-state index in [1.165, 1.54) is 6.20 Å². The zero-order valence-corrected chi connectivity index (χ0v) is 15.3. The minimum absolute atomic E-state index is 0.0184. The molecule has 1 aromatic carbocycles. The Hall–Kier alpha value is -2.48. The van der Waals surface area contributed by atoms with Crippen molar-refractivity contribution in [3.05, 3.63) is 53.1 Å². The number of anilines is 1. The SMILES string of the molecule is C=CN=c1nc(Cl)c(-c2c(F)cc(F)cc2F)c(N[C@H](C)C(C)C)n1N. The van der Waals surface area contributed by atoms with Crippen LogP contribution in [0, 0.1) is 23.4 Å². The van der Waals surface area contributed by atoms with Gasteiger partial charge in [-0.2, -0.15) is 4.98 Å². The van der Waals surface area contributed by atoms with Crippen LogP contribution in [0.1, 0.15) is 20.8 Å². The number of rotatable bonds is 5. The van der Waals surface area contributed by atoms with Crippen LogP contribution in [0.25, 0.3) is 11.1 Å². The molecule has 5 nitrogen and oxygen atoms in total. The molecule has 0 radical (unpaired) electrons. The normalized spacial score (nSPS) is 13.2. The second-order valence-corrected chi connectivity index (χ2v) is 6.39. The fourth-order valence-corrected chi connectivity index (χ4v) is 2.47. The maximum absolute atomic E-state index is 14.3. The first-order valence-electron chi connectivity index (χ1n) is 7.81. The van der Waals surface area contributed by atoms with E-state index in [-0.39, 0.29) is 34.1 Å². The van der Waals surface area contributed by atoms with Crippen molar-refractivity contribution in [2.24, 2.45) is 10.9 Å². The summed E-state index contributed by atoms with van der Waals surface area (Å²) >= 11 is 6.18. The lowest BCUT2D eigenvalue weighted by molar-refractivity contribution is 0.546. The third kappa shape index (κ3) is 3.85. The minimum atomic E-state index is -1.13. The average Bonchev–Trinajstić information content (AvgIpc) is 2.53. The lowest BCUT2D eigenvalue weighted by Crippen LogP contribution is -2.36. The summed E-state index contributed by atoms with van der Waals surface area (Å²) in [5.74, 6) is 2.99. The van der Waals surface area contributed by atoms with E-state index in [1.54, 1.807) is 0 Å². The zero-order valence-electron chi connectivity index (χ0n) is 14.5. The maximum Gasteiger partial charge on any atom is 0.251 e. The maximum atomic E-state index is 14.3. The highest BCUT2D eigenvalue weighted by atomic mass is 35.5. The fourth-order valence-electron chi connectivity index (χ4n) is 2.22. The Morgan fingerprint density at radius 1 is 1.23 bits per heavy atom. The van der Waals surface area contributed by atoms with Gasteiger partial charge in [-0.25, -0.2) is 22.8 Å². The van der Waals surface area contributed by atoms with Gasteiger partial charge in [-0.05, 0) is 12.8 Å². The summed E-state index contributed by atoms with van der Waals surface area (Å²) in [6, 6.07) is 0.991. The molecular weight excluding hydrogens is 367 g/mol. The summed E-state index contributed by atoms with van der Waals surface area (Å²) in [6.07, 6.45) is 1.20. The van der Waals surface area contributed by atoms with Crippen LogP contribution < -0.4 is 16.8 Å². The zero-order chi connectivity index (χ0) is 19.6. The van der Waals surface area contributed by atoms with Crippen LogP contribution in [0.2, 0.25) is 5.15 Å². The van der Waals surface area contributed by atoms with Gasteiger partial charge in [-0.3, -0.25) is 0 Å². The molecule has 0 amide bonds. The van der Waals surface area contributed by atoms with E-state index < -0.39 is 23.0 Å². The molecule has 0 spiro atoms. The van der Waals surface area contributed by atoms with Gasteiger partial charge in [0.1, 0.15) is 28.4 Å². The van der Waals surface area contributed by atoms with E-state index in [0.717, 1.165) is 4.68 Å². The molecule has 1 atom stereocenters. The van der Waals surface area contributed by atoms with Gasteiger partial charge in [0.05, 0.1) is 11.1 Å². The Kier molecular flexibility index (Phi) is 5.97. The first-order valence-corrected chi connectivity index (χ1v) is 8.19. The highest BCUT2D eigenvalue weighted by Gasteiger charge is 2.24. The molecule has 3 N–H and O–H groups in total. The van der Waals surface area contributed by atoms with Crippen molar-refractivity contribution in [2.45, 2.75) is 26.8 Å². The highest BCUT2D eigenvalue weighted by molar-refractivity contribution is 6.32. The van der Waals surface area contributed by atoms with E-state index >= 15 is 0 Å². The number of halogens is 4. The molecule has 0 bridgehead atoms. The Labute approximate surface area is 154 Å². The van der Waals surface area contributed by atoms with Crippen molar-refractivity contribution < 1.29 is 13.2 Å². The molecule has 2 aromatic rings. The molecule has 140 valence electrons. The average molecular weight is 386 g/mol. The number of nitrogen functional groups attached to an aromatic ring is 1. The van der Waals surface area contributed by atoms with Crippen LogP contribution in [-0.4, -0.2) is 15.7 Å². The molecule has 1 aromatic heterocycles. The van der Waals surface area contributed by atoms with Crippen molar-refractivity contribution in [2.75, 3.05) is 11.2 Å². The lowest BCUT2D eigenvalue weighted by atomic mass is 10.0. The molecule has 0 aliphatic carbocycles. The van der Waals surface area contributed by atoms with Gasteiger partial charge in [0.25, 0.3) is 5.62 Å². The van der Waals surface area contributed by atoms with E-state index in [0.29, 0.717) is 12.1 Å². The highest BCUT2D eigenvalue weighted by Crippen LogP contribution is 2.36. The first kappa shape index (κ1) is 19.8. The summed E-state index contributed by atoms with van der Waals surface area (Å²) < 4.78 is 43.0. The molecule has 0 aliphatic heterocycles. The van der Waals surface area contributed by atoms with Crippen LogP contribution in [0.3, 0.4) is 0 Å². The number of aromatic nitrogens is 2. The Morgan fingerprint density at radius 3 is 2.31 bits per heavy atom. The molecular formula is C17H19ClF3N5. The third-order valence-electron chi connectivity index (χ3n) is 3.93. The molecule has 0 aliphatic rings. The van der Waals surface area contributed by atoms with E-state index in [1.807, 2.05) is 20.8 Å². The van der Waals surface area contributed by atoms with Gasteiger partial charge in [-0.15, -0.1) is 0 Å². The molecule has 9 heteroatoms. The van der Waals surface area contributed by atoms with Crippen molar-refractivity contribution in [3.8, 4) is 11.1 Å². The molecule has 0 fully saturated rings. The van der Waals surface area contributed by atoms with Gasteiger partial charge >= 0.3 is 0 Å². The third-order valence-corrected chi connectivity index (χ3v) is 4.20. The predicted molar refractivity (Wildman–Crippen MR) is 96.4 cm³/mol. The van der Waals surface area contributed by atoms with Gasteiger partial charge in [0.15, 0.2) is 0 Å². The van der Waals surface area contributed by atoms with Crippen LogP contribution in [0.5, 0.6) is 0 Å². The number of benzene rings is 1. The molecule has 26 heavy (non-hydrogen) atoms. The Morgan fingerprint density at radius 2 is 1.81 bits per heavy atom. The fraction of sp³-hybridized carbons (Fsp3) is 0.294. The quantitative estimate of drug-likeness (QED) is 0.607. The van der Waals surface area contributed by atoms with Crippen molar-refractivity contribution in [1.82, 2.24) is 9.66 Å². The summed E-state index contributed by atoms with van der Waals surface area (Å²) in [5.41, 5.74) is -0.679. The number of hydrogen-bond acceptors (Lipinski definition) is 4. The smallest absolute Gasteiger partial charge is 0.251 e. The van der Waals surface area contributed by atoms with E-state index in [2.05, 4.69) is 21.9 Å². The van der Waals surface area contributed by atoms with Gasteiger partial charge < -0.3 is 11.2 Å². The van der Waals surface area contributed by atoms with Gasteiger partial charge in [0, 0.05) is 24.4 Å². The second-order valence-electron chi connectivity index (χ2n) is 6.03. The molecule has 2 rings (SSSR count). The number of hydrogen-bond donors (Lipinski definition) is 2.